The fourth-order valence-corrected chi connectivity index (χ4v) is 1.82. The minimum Gasteiger partial charge on any atom is -0.467 e. The summed E-state index contributed by atoms with van der Waals surface area (Å²) in [7, 11) is 0. The van der Waals surface area contributed by atoms with Crippen molar-refractivity contribution in [1.82, 2.24) is 15.0 Å². The number of aromatic nitrogens is 3. The monoisotopic (exact) mass is 281 g/mol. The maximum absolute atomic E-state index is 5.26. The first-order valence-corrected chi connectivity index (χ1v) is 6.62. The third-order valence-electron chi connectivity index (χ3n) is 2.85. The van der Waals surface area contributed by atoms with Gasteiger partial charge >= 0.3 is 0 Å². The highest BCUT2D eigenvalue weighted by molar-refractivity contribution is 5.40. The van der Waals surface area contributed by atoms with Gasteiger partial charge in [-0.15, -0.1) is 0 Å². The predicted molar refractivity (Wildman–Crippen MR) is 79.6 cm³/mol. The Balaban J connectivity index is 1.58. The van der Waals surface area contributed by atoms with E-state index in [9.17, 15) is 0 Å². The van der Waals surface area contributed by atoms with Crippen molar-refractivity contribution in [3.63, 3.8) is 0 Å². The SMILES string of the molecule is c1cncc(CNc2nccc(NCc3ccco3)n2)c1. The summed E-state index contributed by atoms with van der Waals surface area (Å²) >= 11 is 0. The molecule has 0 aromatic carbocycles. The Labute approximate surface area is 122 Å². The second-order valence-corrected chi connectivity index (χ2v) is 4.41. The molecule has 0 aliphatic heterocycles. The van der Waals surface area contributed by atoms with E-state index in [4.69, 9.17) is 4.42 Å². The first kappa shape index (κ1) is 13.1. The van der Waals surface area contributed by atoms with Crippen LogP contribution in [0.4, 0.5) is 11.8 Å². The standard InChI is InChI=1S/C15H15N5O/c1-3-12(9-16-6-1)10-19-15-17-7-5-14(20-15)18-11-13-4-2-8-21-13/h1-9H,10-11H2,(H2,17,18,19,20). The maximum atomic E-state index is 5.26. The molecular formula is C15H15N5O. The van der Waals surface area contributed by atoms with Crippen LogP contribution in [-0.2, 0) is 13.1 Å². The second kappa shape index (κ2) is 6.51. The number of pyridine rings is 1. The molecule has 3 aromatic rings. The van der Waals surface area contributed by atoms with Crippen LogP contribution in [0.5, 0.6) is 0 Å². The number of nitrogens with one attached hydrogen (secondary N) is 2. The number of nitrogens with zero attached hydrogens (tertiary/aromatic N) is 3. The molecule has 0 bridgehead atoms. The van der Waals surface area contributed by atoms with E-state index in [1.807, 2.05) is 36.5 Å². The van der Waals surface area contributed by atoms with E-state index in [0.717, 1.165) is 17.1 Å². The molecule has 6 nitrogen and oxygen atoms in total. The van der Waals surface area contributed by atoms with E-state index in [1.165, 1.54) is 0 Å². The second-order valence-electron chi connectivity index (χ2n) is 4.41. The van der Waals surface area contributed by atoms with Crippen LogP contribution in [0, 0.1) is 0 Å². The van der Waals surface area contributed by atoms with Crippen LogP contribution in [0.25, 0.3) is 0 Å². The maximum Gasteiger partial charge on any atom is 0.224 e. The first-order chi connectivity index (χ1) is 10.4. The summed E-state index contributed by atoms with van der Waals surface area (Å²) in [6.45, 7) is 1.22. The van der Waals surface area contributed by atoms with Gasteiger partial charge in [-0.3, -0.25) is 4.98 Å². The molecule has 0 fully saturated rings. The summed E-state index contributed by atoms with van der Waals surface area (Å²) in [6.07, 6.45) is 6.92. The van der Waals surface area contributed by atoms with Crippen molar-refractivity contribution in [2.24, 2.45) is 0 Å². The highest BCUT2D eigenvalue weighted by atomic mass is 16.3. The average Bonchev–Trinajstić information content (AvgIpc) is 3.06. The molecule has 0 aliphatic carbocycles. The van der Waals surface area contributed by atoms with Gasteiger partial charge in [0.05, 0.1) is 12.8 Å². The van der Waals surface area contributed by atoms with Crippen LogP contribution in [0.1, 0.15) is 11.3 Å². The Morgan fingerprint density at radius 1 is 1.00 bits per heavy atom. The number of hydrogen-bond donors (Lipinski definition) is 2. The lowest BCUT2D eigenvalue weighted by atomic mass is 10.3. The van der Waals surface area contributed by atoms with Crippen LogP contribution in [0.2, 0.25) is 0 Å². The number of rotatable bonds is 6. The van der Waals surface area contributed by atoms with E-state index in [2.05, 4.69) is 25.6 Å². The van der Waals surface area contributed by atoms with Crippen molar-refractivity contribution in [3.05, 3.63) is 66.5 Å². The Hall–Kier alpha value is -2.89. The molecule has 2 N–H and O–H groups in total. The van der Waals surface area contributed by atoms with Crippen LogP contribution in [-0.4, -0.2) is 15.0 Å². The van der Waals surface area contributed by atoms with Crippen LogP contribution in [0.15, 0.2) is 59.6 Å². The molecule has 0 amide bonds. The molecule has 3 heterocycles. The van der Waals surface area contributed by atoms with Crippen molar-refractivity contribution >= 4 is 11.8 Å². The average molecular weight is 281 g/mol. The van der Waals surface area contributed by atoms with E-state index >= 15 is 0 Å². The first-order valence-electron chi connectivity index (χ1n) is 6.62. The lowest BCUT2D eigenvalue weighted by Gasteiger charge is -2.07. The Morgan fingerprint density at radius 3 is 2.81 bits per heavy atom. The summed E-state index contributed by atoms with van der Waals surface area (Å²) in [5, 5.41) is 6.36. The topological polar surface area (TPSA) is 75.9 Å². The number of furan rings is 1. The molecule has 106 valence electrons. The van der Waals surface area contributed by atoms with Crippen molar-refractivity contribution in [1.29, 1.82) is 0 Å². The molecule has 0 aliphatic rings. The van der Waals surface area contributed by atoms with E-state index < -0.39 is 0 Å². The zero-order valence-electron chi connectivity index (χ0n) is 11.4. The summed E-state index contributed by atoms with van der Waals surface area (Å²) in [5.41, 5.74) is 1.08. The van der Waals surface area contributed by atoms with Gasteiger partial charge < -0.3 is 15.1 Å². The zero-order valence-corrected chi connectivity index (χ0v) is 11.4. The van der Waals surface area contributed by atoms with Crippen LogP contribution >= 0.6 is 0 Å². The summed E-state index contributed by atoms with van der Waals surface area (Å²) < 4.78 is 5.26. The molecule has 0 atom stereocenters. The minimum atomic E-state index is 0.572. The Morgan fingerprint density at radius 2 is 2.00 bits per heavy atom. The highest BCUT2D eigenvalue weighted by Crippen LogP contribution is 2.09. The van der Waals surface area contributed by atoms with Gasteiger partial charge in [0, 0.05) is 25.1 Å². The molecule has 0 spiro atoms. The van der Waals surface area contributed by atoms with E-state index in [0.29, 0.717) is 19.0 Å². The van der Waals surface area contributed by atoms with Crippen LogP contribution < -0.4 is 10.6 Å². The minimum absolute atomic E-state index is 0.572. The Bertz CT molecular complexity index is 670. The van der Waals surface area contributed by atoms with E-state index in [-0.39, 0.29) is 0 Å². The largest absolute Gasteiger partial charge is 0.467 e. The third kappa shape index (κ3) is 3.79. The lowest BCUT2D eigenvalue weighted by molar-refractivity contribution is 0.518. The highest BCUT2D eigenvalue weighted by Gasteiger charge is 2.01. The van der Waals surface area contributed by atoms with Gasteiger partial charge in [-0.25, -0.2) is 4.98 Å². The molecule has 0 radical (unpaired) electrons. The van der Waals surface area contributed by atoms with Gasteiger partial charge in [0.15, 0.2) is 0 Å². The molecule has 3 aromatic heterocycles. The van der Waals surface area contributed by atoms with Gasteiger partial charge in [-0.1, -0.05) is 6.07 Å². The third-order valence-corrected chi connectivity index (χ3v) is 2.85. The summed E-state index contributed by atoms with van der Waals surface area (Å²) in [5.74, 6) is 2.18. The molecule has 0 unspecified atom stereocenters. The molecule has 3 rings (SSSR count). The molecule has 6 heteroatoms. The van der Waals surface area contributed by atoms with Crippen molar-refractivity contribution < 1.29 is 4.42 Å². The quantitative estimate of drug-likeness (QED) is 0.723. The van der Waals surface area contributed by atoms with Crippen molar-refractivity contribution in [2.75, 3.05) is 10.6 Å². The molecular weight excluding hydrogens is 266 g/mol. The van der Waals surface area contributed by atoms with Gasteiger partial charge in [0.2, 0.25) is 5.95 Å². The fourth-order valence-electron chi connectivity index (χ4n) is 1.82. The molecule has 0 saturated heterocycles. The number of anilines is 2. The lowest BCUT2D eigenvalue weighted by Crippen LogP contribution is -2.06. The van der Waals surface area contributed by atoms with Crippen LogP contribution in [0.3, 0.4) is 0 Å². The normalized spacial score (nSPS) is 10.3. The summed E-state index contributed by atoms with van der Waals surface area (Å²) in [4.78, 5) is 12.7. The van der Waals surface area contributed by atoms with Gasteiger partial charge in [-0.05, 0) is 29.8 Å². The van der Waals surface area contributed by atoms with Gasteiger partial charge in [-0.2, -0.15) is 4.98 Å². The van der Waals surface area contributed by atoms with Crippen molar-refractivity contribution in [3.8, 4) is 0 Å². The smallest absolute Gasteiger partial charge is 0.224 e. The Kier molecular flexibility index (Phi) is 4.07. The summed E-state index contributed by atoms with van der Waals surface area (Å²) in [6, 6.07) is 9.49. The van der Waals surface area contributed by atoms with Gasteiger partial charge in [0.25, 0.3) is 0 Å². The van der Waals surface area contributed by atoms with Crippen molar-refractivity contribution in [2.45, 2.75) is 13.1 Å². The predicted octanol–water partition coefficient (Wildman–Crippen LogP) is 2.69. The fraction of sp³-hybridized carbons (Fsp3) is 0.133. The molecule has 21 heavy (non-hydrogen) atoms. The van der Waals surface area contributed by atoms with Gasteiger partial charge in [0.1, 0.15) is 11.6 Å². The number of hydrogen-bond acceptors (Lipinski definition) is 6. The zero-order chi connectivity index (χ0) is 14.3. The van der Waals surface area contributed by atoms with E-state index in [1.54, 1.807) is 18.7 Å². The molecule has 0 saturated carbocycles.